The Bertz CT molecular complexity index is 1670. The van der Waals surface area contributed by atoms with Gasteiger partial charge in [-0.05, 0) is 63.1 Å². The zero-order chi connectivity index (χ0) is 47.2. The van der Waals surface area contributed by atoms with Crippen LogP contribution in [0.3, 0.4) is 0 Å². The summed E-state index contributed by atoms with van der Waals surface area (Å²) in [5.41, 5.74) is 5.90. The number of esters is 1. The van der Waals surface area contributed by atoms with E-state index in [2.05, 4.69) is 38.8 Å². The van der Waals surface area contributed by atoms with Gasteiger partial charge in [0.05, 0.1) is 12.5 Å². The molecule has 1 saturated heterocycles. The molecule has 1 aromatic carbocycles. The van der Waals surface area contributed by atoms with Crippen molar-refractivity contribution in [3.05, 3.63) is 29.8 Å². The molecule has 18 nitrogen and oxygen atoms in total. The van der Waals surface area contributed by atoms with Crippen LogP contribution >= 0.6 is 0 Å². The molecule has 0 bridgehead atoms. The highest BCUT2D eigenvalue weighted by atomic mass is 16.5. The Morgan fingerprint density at radius 3 is 1.81 bits per heavy atom. The number of phenols is 1. The third-order valence-corrected chi connectivity index (χ3v) is 11.5. The van der Waals surface area contributed by atoms with Crippen LogP contribution in [0.5, 0.6) is 5.75 Å². The Hall–Kier alpha value is -5.26. The number of aliphatic hydroxyl groups is 1. The van der Waals surface area contributed by atoms with Gasteiger partial charge in [0.1, 0.15) is 48.1 Å². The molecule has 0 radical (unpaired) electrons. The highest BCUT2D eigenvalue weighted by molar-refractivity contribution is 5.97. The zero-order valence-corrected chi connectivity index (χ0v) is 38.1. The maximum atomic E-state index is 14.3. The summed E-state index contributed by atoms with van der Waals surface area (Å²) in [6.45, 7) is 11.5. The number of carbonyl (C=O) groups excluding carboxylic acids is 8. The monoisotopic (exact) mass is 888 g/mol. The Morgan fingerprint density at radius 1 is 0.698 bits per heavy atom. The summed E-state index contributed by atoms with van der Waals surface area (Å²) in [4.78, 5) is 108. The lowest BCUT2D eigenvalue weighted by Crippen LogP contribution is -2.60. The van der Waals surface area contributed by atoms with Crippen molar-refractivity contribution in [2.45, 2.75) is 187 Å². The standard InChI is InChI=1S/C45H73N7O11/c1-8-10-11-12-13-14-15-16-17-27(4)35-25-37(56)51-39(30(7)53)44(61)48-28(5)40(57)47-29(6)41(58)49-33(22-23-36(46)55)42(59)50-34(24-31-18-20-32(54)21-19-31)43(60)52-38(26(3)9-2)45(62)63-35/h18-21,26-30,33-35,38-39,53-54H,8-17,22-25H2,1-7H3,(H2,46,55)(H,47,57)(H,48,61)(H,49,58)(H,50,59)(H,51,56)(H,52,60)/t26-,27+,28-,29+,30+,33-,34+,35-,38?,39?/m0/s1. The summed E-state index contributed by atoms with van der Waals surface area (Å²) < 4.78 is 6.10. The van der Waals surface area contributed by atoms with E-state index in [1.165, 1.54) is 45.7 Å². The minimum absolute atomic E-state index is 0.0390. The molecule has 2 unspecified atom stereocenters. The van der Waals surface area contributed by atoms with Crippen LogP contribution < -0.4 is 37.6 Å². The molecule has 63 heavy (non-hydrogen) atoms. The fourth-order valence-corrected chi connectivity index (χ4v) is 7.09. The minimum Gasteiger partial charge on any atom is -0.508 e. The van der Waals surface area contributed by atoms with Crippen molar-refractivity contribution < 1.29 is 53.3 Å². The summed E-state index contributed by atoms with van der Waals surface area (Å²) in [7, 11) is 0. The molecular formula is C45H73N7O11. The molecule has 0 aliphatic carbocycles. The van der Waals surface area contributed by atoms with Crippen LogP contribution in [0.2, 0.25) is 0 Å². The average Bonchev–Trinajstić information content (AvgIpc) is 3.23. The number of aliphatic hydroxyl groups excluding tert-OH is 1. The maximum absolute atomic E-state index is 14.3. The van der Waals surface area contributed by atoms with Crippen LogP contribution in [0, 0.1) is 11.8 Å². The largest absolute Gasteiger partial charge is 0.508 e. The number of cyclic esters (lactones) is 1. The van der Waals surface area contributed by atoms with E-state index in [0.717, 1.165) is 38.5 Å². The molecule has 354 valence electrons. The van der Waals surface area contributed by atoms with Crippen LogP contribution in [0.4, 0.5) is 0 Å². The first-order valence-electron chi connectivity index (χ1n) is 22.5. The van der Waals surface area contributed by atoms with Crippen LogP contribution in [0.15, 0.2) is 24.3 Å². The van der Waals surface area contributed by atoms with Gasteiger partial charge in [0.2, 0.25) is 41.4 Å². The smallest absolute Gasteiger partial charge is 0.329 e. The lowest BCUT2D eigenvalue weighted by Gasteiger charge is -2.31. The van der Waals surface area contributed by atoms with Crippen molar-refractivity contribution in [3.63, 3.8) is 0 Å². The number of nitrogens with one attached hydrogen (secondary N) is 6. The molecule has 0 saturated carbocycles. The molecule has 0 aromatic heterocycles. The van der Waals surface area contributed by atoms with Gasteiger partial charge in [-0.25, -0.2) is 4.79 Å². The van der Waals surface area contributed by atoms with E-state index >= 15 is 0 Å². The van der Waals surface area contributed by atoms with Gasteiger partial charge in [-0.15, -0.1) is 0 Å². The summed E-state index contributed by atoms with van der Waals surface area (Å²) in [5, 5.41) is 35.8. The number of nitrogens with two attached hydrogens (primary N) is 1. The van der Waals surface area contributed by atoms with Gasteiger partial charge >= 0.3 is 5.97 Å². The number of unbranched alkanes of at least 4 members (excludes halogenated alkanes) is 7. The third-order valence-electron chi connectivity index (χ3n) is 11.5. The predicted octanol–water partition coefficient (Wildman–Crippen LogP) is 2.06. The van der Waals surface area contributed by atoms with Gasteiger partial charge in [-0.2, -0.15) is 0 Å². The Kier molecular flexibility index (Phi) is 23.7. The first kappa shape index (κ1) is 53.9. The molecule has 1 aliphatic rings. The molecular weight excluding hydrogens is 815 g/mol. The average molecular weight is 888 g/mol. The van der Waals surface area contributed by atoms with E-state index in [1.54, 1.807) is 19.1 Å². The predicted molar refractivity (Wildman–Crippen MR) is 235 cm³/mol. The summed E-state index contributed by atoms with van der Waals surface area (Å²) in [6, 6.07) is -2.24. The number of primary amides is 1. The number of aromatic hydroxyl groups is 1. The number of amides is 7. The number of hydrogen-bond acceptors (Lipinski definition) is 11. The molecule has 1 aromatic rings. The van der Waals surface area contributed by atoms with Crippen molar-refractivity contribution in [1.82, 2.24) is 31.9 Å². The molecule has 0 spiro atoms. The second kappa shape index (κ2) is 27.7. The van der Waals surface area contributed by atoms with E-state index in [-0.39, 0.29) is 30.9 Å². The summed E-state index contributed by atoms with van der Waals surface area (Å²) in [6.07, 6.45) is 5.99. The van der Waals surface area contributed by atoms with E-state index in [4.69, 9.17) is 10.5 Å². The van der Waals surface area contributed by atoms with Crippen LogP contribution in [0.1, 0.15) is 138 Å². The fourth-order valence-electron chi connectivity index (χ4n) is 7.09. The SMILES string of the molecule is CCCCCCCCCC[C@@H](C)[C@@H]1CC(=O)NC([C@@H](C)O)C(=O)N[C@@H](C)C(=O)N[C@H](C)C(=O)N[C@@H](CCC(N)=O)C(=O)N[C@H](Cc2ccc(O)cc2)C(=O)NC([C@@H](C)CC)C(=O)O1. The zero-order valence-electron chi connectivity index (χ0n) is 38.1. The highest BCUT2D eigenvalue weighted by Gasteiger charge is 2.37. The van der Waals surface area contributed by atoms with Gasteiger partial charge < -0.3 is 52.6 Å². The number of phenolic OH excluding ortho intramolecular Hbond substituents is 1. The van der Waals surface area contributed by atoms with Gasteiger partial charge in [0.25, 0.3) is 0 Å². The van der Waals surface area contributed by atoms with E-state index in [1.807, 2.05) is 13.8 Å². The lowest BCUT2D eigenvalue weighted by atomic mass is 9.93. The van der Waals surface area contributed by atoms with Gasteiger partial charge in [0.15, 0.2) is 0 Å². The fraction of sp³-hybridized carbons (Fsp3) is 0.689. The van der Waals surface area contributed by atoms with Crippen molar-refractivity contribution in [1.29, 1.82) is 0 Å². The maximum Gasteiger partial charge on any atom is 0.329 e. The Labute approximate surface area is 371 Å². The Balaban J connectivity index is 2.61. The van der Waals surface area contributed by atoms with Gasteiger partial charge in [-0.1, -0.05) is 97.6 Å². The highest BCUT2D eigenvalue weighted by Crippen LogP contribution is 2.23. The molecule has 7 amide bonds. The topological polar surface area (TPSA) is 284 Å². The normalized spacial score (nSPS) is 25.3. The van der Waals surface area contributed by atoms with Crippen LogP contribution in [-0.2, 0) is 49.5 Å². The molecule has 1 heterocycles. The first-order valence-corrected chi connectivity index (χ1v) is 22.5. The Morgan fingerprint density at radius 2 is 1.24 bits per heavy atom. The first-order chi connectivity index (χ1) is 29.8. The second-order valence-electron chi connectivity index (χ2n) is 17.0. The van der Waals surface area contributed by atoms with Gasteiger partial charge in [0, 0.05) is 12.8 Å². The minimum atomic E-state index is -1.52. The lowest BCUT2D eigenvalue weighted by molar-refractivity contribution is -0.159. The number of benzene rings is 1. The van der Waals surface area contributed by atoms with Gasteiger partial charge in [-0.3, -0.25) is 33.6 Å². The quantitative estimate of drug-likeness (QED) is 0.0760. The summed E-state index contributed by atoms with van der Waals surface area (Å²) >= 11 is 0. The van der Waals surface area contributed by atoms with Crippen molar-refractivity contribution in [2.75, 3.05) is 0 Å². The summed E-state index contributed by atoms with van der Waals surface area (Å²) in [5.74, 6) is -7.44. The van der Waals surface area contributed by atoms with Crippen molar-refractivity contribution >= 4 is 47.3 Å². The van der Waals surface area contributed by atoms with Crippen molar-refractivity contribution in [3.8, 4) is 5.75 Å². The number of ether oxygens (including phenoxy) is 1. The number of carbonyl (C=O) groups is 8. The van der Waals surface area contributed by atoms with Crippen LogP contribution in [-0.4, -0.2) is 106 Å². The van der Waals surface area contributed by atoms with Crippen LogP contribution in [0.25, 0.3) is 0 Å². The second-order valence-corrected chi connectivity index (χ2v) is 17.0. The third kappa shape index (κ3) is 19.3. The molecule has 18 heteroatoms. The van der Waals surface area contributed by atoms with E-state index in [9.17, 15) is 48.6 Å². The molecule has 10 atom stereocenters. The molecule has 2 rings (SSSR count). The van der Waals surface area contributed by atoms with E-state index in [0.29, 0.717) is 18.4 Å². The number of rotatable bonds is 18. The molecule has 1 aliphatic heterocycles. The molecule has 1 fully saturated rings. The van der Waals surface area contributed by atoms with E-state index < -0.39 is 108 Å². The molecule has 10 N–H and O–H groups in total. The van der Waals surface area contributed by atoms with Crippen molar-refractivity contribution in [2.24, 2.45) is 17.6 Å². The number of hydrogen-bond donors (Lipinski definition) is 9.